The van der Waals surface area contributed by atoms with Crippen LogP contribution in [0.25, 0.3) is 22.2 Å². The molecule has 0 saturated carbocycles. The number of hydrogen-bond acceptors (Lipinski definition) is 3. The minimum absolute atomic E-state index is 0.142. The fraction of sp³-hybridized carbons (Fsp3) is 0.179. The Morgan fingerprint density at radius 3 is 2.41 bits per heavy atom. The average molecular weight is 473 g/mol. The van der Waals surface area contributed by atoms with E-state index in [0.29, 0.717) is 30.0 Å². The van der Waals surface area contributed by atoms with Gasteiger partial charge in [-0.1, -0.05) is 54.1 Å². The molecule has 0 bridgehead atoms. The molecule has 172 valence electrons. The van der Waals surface area contributed by atoms with Gasteiger partial charge in [0.1, 0.15) is 0 Å². The van der Waals surface area contributed by atoms with Gasteiger partial charge in [-0.05, 0) is 66.8 Å². The third-order valence-corrected chi connectivity index (χ3v) is 5.91. The SMILES string of the molecule is O=C(O)CCCCc1cc2cc(C(=O)NCc3ccccc3)ccc2nc1-c1ccc(Cl)cc1. The van der Waals surface area contributed by atoms with E-state index in [0.717, 1.165) is 39.7 Å². The van der Waals surface area contributed by atoms with Gasteiger partial charge in [0.25, 0.3) is 5.91 Å². The van der Waals surface area contributed by atoms with E-state index >= 15 is 0 Å². The molecule has 34 heavy (non-hydrogen) atoms. The molecule has 6 heteroatoms. The lowest BCUT2D eigenvalue weighted by Crippen LogP contribution is -2.22. The summed E-state index contributed by atoms with van der Waals surface area (Å²) in [5.74, 6) is -0.934. The van der Waals surface area contributed by atoms with Crippen molar-refractivity contribution in [1.82, 2.24) is 10.3 Å². The molecule has 0 atom stereocenters. The molecule has 0 aliphatic carbocycles. The topological polar surface area (TPSA) is 79.3 Å². The van der Waals surface area contributed by atoms with Gasteiger partial charge in [-0.25, -0.2) is 4.98 Å². The molecule has 2 N–H and O–H groups in total. The number of carboxylic acid groups (broad SMARTS) is 1. The predicted molar refractivity (Wildman–Crippen MR) is 135 cm³/mol. The van der Waals surface area contributed by atoms with E-state index in [4.69, 9.17) is 21.7 Å². The van der Waals surface area contributed by atoms with Crippen molar-refractivity contribution in [2.24, 2.45) is 0 Å². The lowest BCUT2D eigenvalue weighted by Gasteiger charge is -2.12. The number of aryl methyl sites for hydroxylation is 1. The quantitative estimate of drug-likeness (QED) is 0.281. The number of carbonyl (C=O) groups excluding carboxylic acids is 1. The lowest BCUT2D eigenvalue weighted by molar-refractivity contribution is -0.137. The van der Waals surface area contributed by atoms with Gasteiger partial charge in [0.2, 0.25) is 0 Å². The first-order chi connectivity index (χ1) is 16.5. The Bertz CT molecular complexity index is 1300. The minimum Gasteiger partial charge on any atom is -0.481 e. The van der Waals surface area contributed by atoms with Gasteiger partial charge in [0.05, 0.1) is 11.2 Å². The summed E-state index contributed by atoms with van der Waals surface area (Å²) in [7, 11) is 0. The summed E-state index contributed by atoms with van der Waals surface area (Å²) in [5.41, 5.74) is 5.21. The van der Waals surface area contributed by atoms with Gasteiger partial charge >= 0.3 is 5.97 Å². The van der Waals surface area contributed by atoms with E-state index in [2.05, 4.69) is 11.4 Å². The van der Waals surface area contributed by atoms with Crippen molar-refractivity contribution < 1.29 is 14.7 Å². The van der Waals surface area contributed by atoms with Crippen LogP contribution in [0.5, 0.6) is 0 Å². The number of pyridine rings is 1. The van der Waals surface area contributed by atoms with Crippen LogP contribution in [0, 0.1) is 0 Å². The highest BCUT2D eigenvalue weighted by Gasteiger charge is 2.13. The zero-order chi connectivity index (χ0) is 23.9. The number of nitrogens with zero attached hydrogens (tertiary/aromatic N) is 1. The normalized spacial score (nSPS) is 10.9. The first kappa shape index (κ1) is 23.5. The number of halogens is 1. The van der Waals surface area contributed by atoms with E-state index in [1.165, 1.54) is 0 Å². The van der Waals surface area contributed by atoms with Crippen molar-refractivity contribution in [2.75, 3.05) is 0 Å². The fourth-order valence-electron chi connectivity index (χ4n) is 3.88. The van der Waals surface area contributed by atoms with Gasteiger partial charge in [0.15, 0.2) is 0 Å². The number of aliphatic carboxylic acids is 1. The Balaban J connectivity index is 1.61. The Morgan fingerprint density at radius 2 is 1.68 bits per heavy atom. The summed E-state index contributed by atoms with van der Waals surface area (Å²) in [6, 6.07) is 24.9. The molecule has 0 aliphatic rings. The number of nitrogens with one attached hydrogen (secondary N) is 1. The van der Waals surface area contributed by atoms with Gasteiger partial charge in [-0.15, -0.1) is 0 Å². The molecule has 0 fully saturated rings. The van der Waals surface area contributed by atoms with Crippen LogP contribution in [-0.2, 0) is 17.8 Å². The summed E-state index contributed by atoms with van der Waals surface area (Å²) in [5, 5.41) is 13.4. The Kier molecular flexibility index (Phi) is 7.55. The molecule has 4 rings (SSSR count). The molecule has 0 radical (unpaired) electrons. The van der Waals surface area contributed by atoms with E-state index in [1.807, 2.05) is 66.7 Å². The number of aromatic nitrogens is 1. The highest BCUT2D eigenvalue weighted by Crippen LogP contribution is 2.29. The monoisotopic (exact) mass is 472 g/mol. The van der Waals surface area contributed by atoms with Gasteiger partial charge in [-0.2, -0.15) is 0 Å². The Morgan fingerprint density at radius 1 is 0.912 bits per heavy atom. The second kappa shape index (κ2) is 10.9. The molecule has 0 unspecified atom stereocenters. The van der Waals surface area contributed by atoms with Crippen LogP contribution in [-0.4, -0.2) is 22.0 Å². The summed E-state index contributed by atoms with van der Waals surface area (Å²) in [6.45, 7) is 0.459. The van der Waals surface area contributed by atoms with E-state index in [-0.39, 0.29) is 12.3 Å². The van der Waals surface area contributed by atoms with Gasteiger partial charge < -0.3 is 10.4 Å². The molecular formula is C28H25ClN2O3. The number of fused-ring (bicyclic) bond motifs is 1. The minimum atomic E-state index is -0.791. The van der Waals surface area contributed by atoms with Crippen molar-refractivity contribution in [2.45, 2.75) is 32.2 Å². The third-order valence-electron chi connectivity index (χ3n) is 5.66. The van der Waals surface area contributed by atoms with Crippen LogP contribution in [0.2, 0.25) is 5.02 Å². The average Bonchev–Trinajstić information content (AvgIpc) is 2.85. The zero-order valence-corrected chi connectivity index (χ0v) is 19.4. The number of rotatable bonds is 9. The van der Waals surface area contributed by atoms with Gasteiger partial charge in [0, 0.05) is 34.5 Å². The third kappa shape index (κ3) is 6.00. The zero-order valence-electron chi connectivity index (χ0n) is 18.6. The number of unbranched alkanes of at least 4 members (excludes halogenated alkanes) is 1. The molecule has 4 aromatic rings. The maximum atomic E-state index is 12.7. The number of hydrogen-bond donors (Lipinski definition) is 2. The molecule has 3 aromatic carbocycles. The smallest absolute Gasteiger partial charge is 0.303 e. The molecule has 5 nitrogen and oxygen atoms in total. The van der Waals surface area contributed by atoms with Crippen LogP contribution < -0.4 is 5.32 Å². The fourth-order valence-corrected chi connectivity index (χ4v) is 4.01. The van der Waals surface area contributed by atoms with Crippen LogP contribution in [0.4, 0.5) is 0 Å². The van der Waals surface area contributed by atoms with Crippen LogP contribution in [0.3, 0.4) is 0 Å². The predicted octanol–water partition coefficient (Wildman–Crippen LogP) is 6.28. The molecule has 0 spiro atoms. The van der Waals surface area contributed by atoms with Crippen molar-refractivity contribution in [1.29, 1.82) is 0 Å². The number of amides is 1. The van der Waals surface area contributed by atoms with Crippen molar-refractivity contribution in [3.63, 3.8) is 0 Å². The number of carboxylic acids is 1. The summed E-state index contributed by atoms with van der Waals surface area (Å²) < 4.78 is 0. The standard InChI is InChI=1S/C28H25ClN2O3/c29-24-13-10-20(11-14-24)27-21(8-4-5-9-26(32)33)16-23-17-22(12-15-25(23)31-27)28(34)30-18-19-6-2-1-3-7-19/h1-3,6-7,10-17H,4-5,8-9,18H2,(H,30,34)(H,32,33). The van der Waals surface area contributed by atoms with Crippen LogP contribution in [0.1, 0.15) is 40.7 Å². The molecule has 1 amide bonds. The van der Waals surface area contributed by atoms with E-state index in [1.54, 1.807) is 6.07 Å². The molecule has 0 saturated heterocycles. The van der Waals surface area contributed by atoms with Crippen molar-refractivity contribution >= 4 is 34.4 Å². The van der Waals surface area contributed by atoms with Gasteiger partial charge in [-0.3, -0.25) is 9.59 Å². The lowest BCUT2D eigenvalue weighted by atomic mass is 9.98. The highest BCUT2D eigenvalue weighted by atomic mass is 35.5. The van der Waals surface area contributed by atoms with Crippen LogP contribution in [0.15, 0.2) is 78.9 Å². The maximum Gasteiger partial charge on any atom is 0.303 e. The highest BCUT2D eigenvalue weighted by molar-refractivity contribution is 6.30. The second-order valence-electron chi connectivity index (χ2n) is 8.18. The number of carbonyl (C=O) groups is 2. The van der Waals surface area contributed by atoms with Crippen molar-refractivity contribution in [3.8, 4) is 11.3 Å². The van der Waals surface area contributed by atoms with E-state index < -0.39 is 5.97 Å². The first-order valence-electron chi connectivity index (χ1n) is 11.2. The second-order valence-corrected chi connectivity index (χ2v) is 8.62. The summed E-state index contributed by atoms with van der Waals surface area (Å²) >= 11 is 6.06. The van der Waals surface area contributed by atoms with Crippen molar-refractivity contribution in [3.05, 3.63) is 101 Å². The largest absolute Gasteiger partial charge is 0.481 e. The molecule has 1 heterocycles. The molecule has 1 aromatic heterocycles. The summed E-state index contributed by atoms with van der Waals surface area (Å²) in [4.78, 5) is 28.5. The van der Waals surface area contributed by atoms with Crippen LogP contribution >= 0.6 is 11.6 Å². The first-order valence-corrected chi connectivity index (χ1v) is 11.6. The maximum absolute atomic E-state index is 12.7. The van der Waals surface area contributed by atoms with E-state index in [9.17, 15) is 9.59 Å². The molecule has 0 aliphatic heterocycles. The Labute approximate surface area is 203 Å². The Hall–Kier alpha value is -3.70. The number of benzene rings is 3. The molecular weight excluding hydrogens is 448 g/mol. The summed E-state index contributed by atoms with van der Waals surface area (Å²) in [6.07, 6.45) is 2.16.